The number of rotatable bonds is 8. The number of likely N-dealkylation sites (tertiary alicyclic amines) is 1. The summed E-state index contributed by atoms with van der Waals surface area (Å²) >= 11 is 0. The number of benzene rings is 2. The molecule has 1 unspecified atom stereocenters. The van der Waals surface area contributed by atoms with Crippen molar-refractivity contribution in [1.29, 1.82) is 0 Å². The minimum atomic E-state index is -0.746. The lowest BCUT2D eigenvalue weighted by Gasteiger charge is -2.23. The average Bonchev–Trinajstić information content (AvgIpc) is 3.24. The monoisotopic (exact) mass is 479 g/mol. The quantitative estimate of drug-likeness (QED) is 0.604. The molecule has 2 atom stereocenters. The second-order valence-electron chi connectivity index (χ2n) is 9.59. The fourth-order valence-corrected chi connectivity index (χ4v) is 4.47. The largest absolute Gasteiger partial charge is 0.454 e. The van der Waals surface area contributed by atoms with Crippen LogP contribution in [0.5, 0.6) is 11.5 Å². The summed E-state index contributed by atoms with van der Waals surface area (Å²) in [6.45, 7) is 5.89. The van der Waals surface area contributed by atoms with Crippen molar-refractivity contribution < 1.29 is 23.9 Å². The first-order chi connectivity index (χ1) is 16.9. The molecular weight excluding hydrogens is 446 g/mol. The Labute approximate surface area is 206 Å². The zero-order chi connectivity index (χ0) is 24.8. The summed E-state index contributed by atoms with van der Waals surface area (Å²) in [6.07, 6.45) is 1.85. The molecule has 186 valence electrons. The van der Waals surface area contributed by atoms with Crippen LogP contribution in [0.4, 0.5) is 0 Å². The van der Waals surface area contributed by atoms with Crippen LogP contribution < -0.4 is 20.1 Å². The number of carbonyl (C=O) groups is 3. The lowest BCUT2D eigenvalue weighted by atomic mass is 10.0. The highest BCUT2D eigenvalue weighted by molar-refractivity contribution is 5.99. The summed E-state index contributed by atoms with van der Waals surface area (Å²) < 4.78 is 10.7. The number of hydrogen-bond acceptors (Lipinski definition) is 6. The molecular formula is C27H33N3O5. The highest BCUT2D eigenvalue weighted by Gasteiger charge is 2.30. The van der Waals surface area contributed by atoms with Gasteiger partial charge in [-0.1, -0.05) is 44.2 Å². The summed E-state index contributed by atoms with van der Waals surface area (Å²) in [5, 5.41) is 5.77. The van der Waals surface area contributed by atoms with Gasteiger partial charge >= 0.3 is 0 Å². The van der Waals surface area contributed by atoms with Crippen molar-refractivity contribution in [3.05, 3.63) is 59.7 Å². The van der Waals surface area contributed by atoms with Crippen molar-refractivity contribution in [2.45, 2.75) is 51.7 Å². The van der Waals surface area contributed by atoms with Crippen molar-refractivity contribution in [2.75, 3.05) is 19.9 Å². The van der Waals surface area contributed by atoms with E-state index in [1.54, 1.807) is 18.2 Å². The first-order valence-corrected chi connectivity index (χ1v) is 12.2. The van der Waals surface area contributed by atoms with Crippen molar-refractivity contribution in [1.82, 2.24) is 15.5 Å². The van der Waals surface area contributed by atoms with Gasteiger partial charge in [-0.2, -0.15) is 0 Å². The molecule has 2 aliphatic rings. The molecule has 2 heterocycles. The summed E-state index contributed by atoms with van der Waals surface area (Å²) in [6, 6.07) is 13.7. The average molecular weight is 480 g/mol. The number of fused-ring (bicyclic) bond motifs is 1. The van der Waals surface area contributed by atoms with Crippen molar-refractivity contribution in [3.63, 3.8) is 0 Å². The van der Waals surface area contributed by atoms with Crippen LogP contribution in [-0.4, -0.2) is 54.5 Å². The zero-order valence-electron chi connectivity index (χ0n) is 20.3. The summed E-state index contributed by atoms with van der Waals surface area (Å²) in [5.74, 6) is 0.567. The van der Waals surface area contributed by atoms with Gasteiger partial charge in [-0.25, -0.2) is 0 Å². The maximum absolute atomic E-state index is 13.2. The number of carbonyl (C=O) groups excluding carboxylic acids is 3. The van der Waals surface area contributed by atoms with Crippen molar-refractivity contribution in [2.24, 2.45) is 5.92 Å². The van der Waals surface area contributed by atoms with Crippen LogP contribution in [0.2, 0.25) is 0 Å². The van der Waals surface area contributed by atoms with E-state index in [0.29, 0.717) is 36.4 Å². The topological polar surface area (TPSA) is 97.0 Å². The Hall–Kier alpha value is -3.39. The van der Waals surface area contributed by atoms with E-state index in [0.717, 1.165) is 18.5 Å². The zero-order valence-corrected chi connectivity index (χ0v) is 20.3. The van der Waals surface area contributed by atoms with Crippen molar-refractivity contribution >= 4 is 17.6 Å². The van der Waals surface area contributed by atoms with E-state index in [1.165, 1.54) is 0 Å². The molecule has 35 heavy (non-hydrogen) atoms. The van der Waals surface area contributed by atoms with Crippen molar-refractivity contribution in [3.8, 4) is 11.5 Å². The van der Waals surface area contributed by atoms with Gasteiger partial charge in [0.05, 0.1) is 12.6 Å². The van der Waals surface area contributed by atoms with E-state index in [4.69, 9.17) is 9.47 Å². The Morgan fingerprint density at radius 1 is 1.09 bits per heavy atom. The highest BCUT2D eigenvalue weighted by Crippen LogP contribution is 2.32. The number of nitrogens with zero attached hydrogens (tertiary/aromatic N) is 1. The highest BCUT2D eigenvalue weighted by atomic mass is 16.7. The molecule has 1 saturated heterocycles. The van der Waals surface area contributed by atoms with Gasteiger partial charge in [0.1, 0.15) is 6.04 Å². The van der Waals surface area contributed by atoms with Crippen LogP contribution in [0.3, 0.4) is 0 Å². The molecule has 2 N–H and O–H groups in total. The van der Waals surface area contributed by atoms with E-state index in [1.807, 2.05) is 44.2 Å². The van der Waals surface area contributed by atoms with Gasteiger partial charge in [-0.3, -0.25) is 19.3 Å². The van der Waals surface area contributed by atoms with Crippen LogP contribution >= 0.6 is 0 Å². The lowest BCUT2D eigenvalue weighted by molar-refractivity contribution is -0.129. The molecule has 0 aromatic heterocycles. The molecule has 8 nitrogen and oxygen atoms in total. The molecule has 0 radical (unpaired) electrons. The predicted octanol–water partition coefficient (Wildman–Crippen LogP) is 2.91. The van der Waals surface area contributed by atoms with E-state index in [9.17, 15) is 14.4 Å². The molecule has 0 bridgehead atoms. The second-order valence-corrected chi connectivity index (χ2v) is 9.59. The number of Topliss-reactive ketones (excluding diaryl/α,β-unsaturated/α-hetero) is 1. The van der Waals surface area contributed by atoms with Gasteiger partial charge in [0.25, 0.3) is 5.91 Å². The Kier molecular flexibility index (Phi) is 8.02. The third-order valence-corrected chi connectivity index (χ3v) is 6.26. The van der Waals surface area contributed by atoms with E-state index < -0.39 is 12.1 Å². The number of ketones is 1. The lowest BCUT2D eigenvalue weighted by Crippen LogP contribution is -2.52. The maximum atomic E-state index is 13.2. The minimum Gasteiger partial charge on any atom is -0.454 e. The molecule has 0 aliphatic carbocycles. The Balaban J connectivity index is 1.37. The summed E-state index contributed by atoms with van der Waals surface area (Å²) in [7, 11) is 0. The second kappa shape index (κ2) is 11.4. The number of ether oxygens (including phenoxy) is 2. The smallest absolute Gasteiger partial charge is 0.252 e. The number of amides is 2. The fourth-order valence-electron chi connectivity index (χ4n) is 4.47. The predicted molar refractivity (Wildman–Crippen MR) is 131 cm³/mol. The molecule has 2 aliphatic heterocycles. The fraction of sp³-hybridized carbons (Fsp3) is 0.444. The summed E-state index contributed by atoms with van der Waals surface area (Å²) in [4.78, 5) is 41.2. The Bertz CT molecular complexity index is 1060. The Morgan fingerprint density at radius 2 is 1.86 bits per heavy atom. The molecule has 2 amide bonds. The van der Waals surface area contributed by atoms with Crippen LogP contribution in [-0.2, 0) is 16.1 Å². The molecule has 0 saturated carbocycles. The number of nitrogens with one attached hydrogen (secondary N) is 2. The SMILES string of the molecule is CC(C)C[C@H](NC(=O)c1ccc2c(c1)OCO2)C(=O)NC1CCCN(Cc2ccccc2)CC1=O. The molecule has 8 heteroatoms. The molecule has 0 spiro atoms. The molecule has 4 rings (SSSR count). The minimum absolute atomic E-state index is 0.00262. The van der Waals surface area contributed by atoms with Crippen LogP contribution in [0.15, 0.2) is 48.5 Å². The summed E-state index contributed by atoms with van der Waals surface area (Å²) in [5.41, 5.74) is 1.55. The Morgan fingerprint density at radius 3 is 2.63 bits per heavy atom. The van der Waals surface area contributed by atoms with Gasteiger partial charge in [0, 0.05) is 12.1 Å². The molecule has 2 aromatic carbocycles. The van der Waals surface area contributed by atoms with Gasteiger partial charge in [0.15, 0.2) is 17.3 Å². The van der Waals surface area contributed by atoms with Gasteiger partial charge in [0.2, 0.25) is 12.7 Å². The first kappa shape index (κ1) is 24.7. The molecule has 2 aromatic rings. The third-order valence-electron chi connectivity index (χ3n) is 6.26. The van der Waals surface area contributed by atoms with Gasteiger partial charge in [-0.15, -0.1) is 0 Å². The molecule has 1 fully saturated rings. The van der Waals surface area contributed by atoms with Crippen LogP contribution in [0.1, 0.15) is 49.0 Å². The van der Waals surface area contributed by atoms with E-state index in [2.05, 4.69) is 15.5 Å². The van der Waals surface area contributed by atoms with Gasteiger partial charge in [-0.05, 0) is 55.5 Å². The van der Waals surface area contributed by atoms with Crippen LogP contribution in [0.25, 0.3) is 0 Å². The normalized spacial score (nSPS) is 18.7. The van der Waals surface area contributed by atoms with Gasteiger partial charge < -0.3 is 20.1 Å². The van der Waals surface area contributed by atoms with Crippen LogP contribution in [0, 0.1) is 5.92 Å². The first-order valence-electron chi connectivity index (χ1n) is 12.2. The van der Waals surface area contributed by atoms with E-state index >= 15 is 0 Å². The maximum Gasteiger partial charge on any atom is 0.252 e. The number of hydrogen-bond donors (Lipinski definition) is 2. The standard InChI is InChI=1S/C27H33N3O5/c1-18(2)13-22(29-26(32)20-10-11-24-25(14-20)35-17-34-24)27(33)28-21-9-6-12-30(16-23(21)31)15-19-7-4-3-5-8-19/h3-5,7-8,10-11,14,18,21-22H,6,9,12-13,15-17H2,1-2H3,(H,28,33)(H,29,32)/t21?,22-/m0/s1. The van der Waals surface area contributed by atoms with E-state index in [-0.39, 0.29) is 36.9 Å². The third kappa shape index (κ3) is 6.60.